The number of likely N-dealkylation sites (tertiary alicyclic amines) is 1. The zero-order chi connectivity index (χ0) is 22.2. The van der Waals surface area contributed by atoms with Crippen LogP contribution in [0.4, 0.5) is 10.5 Å². The van der Waals surface area contributed by atoms with Gasteiger partial charge in [-0.3, -0.25) is 0 Å². The van der Waals surface area contributed by atoms with Gasteiger partial charge in [-0.15, -0.1) is 0 Å². The molecule has 168 valence electrons. The molecule has 0 spiro atoms. The Balaban J connectivity index is 1.33. The van der Waals surface area contributed by atoms with Gasteiger partial charge in [-0.05, 0) is 55.9 Å². The molecule has 2 aliphatic rings. The van der Waals surface area contributed by atoms with Crippen molar-refractivity contribution in [1.29, 1.82) is 0 Å². The fraction of sp³-hybridized carbons (Fsp3) is 0.440. The summed E-state index contributed by atoms with van der Waals surface area (Å²) in [4.78, 5) is 19.7. The standard InChI is InChI=1S/C25H30N4O3/c1-16-26-21-9-4-5-10-22(21)29(16)23-11-17-14-28(15-18(17)12-24(23)32-3)25(30)27-19-7-6-8-20(13-19)31-2/h4-10,13,17-18,23-24H,11-12,14-15H2,1-3H3,(H,27,30)/t17-,18+,23-,24-/m0/s1. The monoisotopic (exact) mass is 434 g/mol. The van der Waals surface area contributed by atoms with Crippen LogP contribution in [0.2, 0.25) is 0 Å². The van der Waals surface area contributed by atoms with Gasteiger partial charge in [0, 0.05) is 32.0 Å². The van der Waals surface area contributed by atoms with Gasteiger partial charge in [-0.1, -0.05) is 18.2 Å². The second kappa shape index (κ2) is 8.47. The molecule has 1 aliphatic carbocycles. The molecule has 4 atom stereocenters. The number of ether oxygens (including phenoxy) is 2. The van der Waals surface area contributed by atoms with E-state index in [0.29, 0.717) is 11.8 Å². The van der Waals surface area contributed by atoms with Crippen LogP contribution in [0.3, 0.4) is 0 Å². The molecule has 3 aromatic rings. The first-order valence-electron chi connectivity index (χ1n) is 11.2. The van der Waals surface area contributed by atoms with E-state index in [9.17, 15) is 4.79 Å². The molecule has 1 aliphatic heterocycles. The highest BCUT2D eigenvalue weighted by Gasteiger charge is 2.44. The second-order valence-corrected chi connectivity index (χ2v) is 8.92. The lowest BCUT2D eigenvalue weighted by Gasteiger charge is -2.38. The number of hydrogen-bond acceptors (Lipinski definition) is 4. The average Bonchev–Trinajstić information content (AvgIpc) is 3.37. The average molecular weight is 435 g/mol. The summed E-state index contributed by atoms with van der Waals surface area (Å²) in [5, 5.41) is 3.03. The fourth-order valence-corrected chi connectivity index (χ4v) is 5.57. The first kappa shape index (κ1) is 20.8. The summed E-state index contributed by atoms with van der Waals surface area (Å²) in [6.07, 6.45) is 2.03. The van der Waals surface area contributed by atoms with E-state index in [1.807, 2.05) is 35.2 Å². The van der Waals surface area contributed by atoms with Gasteiger partial charge in [0.1, 0.15) is 11.6 Å². The number of imidazole rings is 1. The Hall–Kier alpha value is -3.06. The third-order valence-electron chi connectivity index (χ3n) is 7.10. The maximum atomic E-state index is 13.0. The third-order valence-corrected chi connectivity index (χ3v) is 7.10. The summed E-state index contributed by atoms with van der Waals surface area (Å²) < 4.78 is 13.6. The van der Waals surface area contributed by atoms with Crippen LogP contribution in [0.1, 0.15) is 24.7 Å². The van der Waals surface area contributed by atoms with Crippen LogP contribution in [-0.4, -0.2) is 53.9 Å². The van der Waals surface area contributed by atoms with Crippen LogP contribution in [0.25, 0.3) is 11.0 Å². The fourth-order valence-electron chi connectivity index (χ4n) is 5.57. The van der Waals surface area contributed by atoms with Crippen LogP contribution in [0.5, 0.6) is 5.75 Å². The van der Waals surface area contributed by atoms with Gasteiger partial charge >= 0.3 is 6.03 Å². The van der Waals surface area contributed by atoms with Crippen molar-refractivity contribution in [2.45, 2.75) is 31.9 Å². The van der Waals surface area contributed by atoms with E-state index in [1.165, 1.54) is 0 Å². The summed E-state index contributed by atoms with van der Waals surface area (Å²) in [6, 6.07) is 15.9. The van der Waals surface area contributed by atoms with Crippen molar-refractivity contribution in [3.63, 3.8) is 0 Å². The van der Waals surface area contributed by atoms with Crippen LogP contribution in [0, 0.1) is 18.8 Å². The number of fused-ring (bicyclic) bond motifs is 2. The molecule has 0 bridgehead atoms. The molecule has 1 N–H and O–H groups in total. The van der Waals surface area contributed by atoms with Gasteiger partial charge in [0.25, 0.3) is 0 Å². The lowest BCUT2D eigenvalue weighted by Crippen LogP contribution is -2.37. The summed E-state index contributed by atoms with van der Waals surface area (Å²) >= 11 is 0. The number of methoxy groups -OCH3 is 2. The third kappa shape index (κ3) is 3.71. The topological polar surface area (TPSA) is 68.6 Å². The molecule has 1 saturated heterocycles. The number of anilines is 1. The Morgan fingerprint density at radius 1 is 1.06 bits per heavy atom. The normalized spacial score (nSPS) is 25.0. The number of para-hydroxylation sites is 2. The van der Waals surface area contributed by atoms with Crippen molar-refractivity contribution in [2.24, 2.45) is 11.8 Å². The molecule has 5 rings (SSSR count). The number of aryl methyl sites for hydroxylation is 1. The van der Waals surface area contributed by atoms with E-state index < -0.39 is 0 Å². The first-order chi connectivity index (χ1) is 15.6. The molecular weight excluding hydrogens is 404 g/mol. The maximum absolute atomic E-state index is 13.0. The smallest absolute Gasteiger partial charge is 0.321 e. The van der Waals surface area contributed by atoms with Gasteiger partial charge < -0.3 is 24.3 Å². The van der Waals surface area contributed by atoms with E-state index in [-0.39, 0.29) is 18.2 Å². The highest BCUT2D eigenvalue weighted by molar-refractivity contribution is 5.89. The van der Waals surface area contributed by atoms with E-state index in [2.05, 4.69) is 35.0 Å². The summed E-state index contributed by atoms with van der Waals surface area (Å²) in [6.45, 7) is 3.59. The quantitative estimate of drug-likeness (QED) is 0.657. The molecule has 0 radical (unpaired) electrons. The van der Waals surface area contributed by atoms with Gasteiger partial charge in [-0.25, -0.2) is 9.78 Å². The van der Waals surface area contributed by atoms with Crippen molar-refractivity contribution in [1.82, 2.24) is 14.5 Å². The highest BCUT2D eigenvalue weighted by atomic mass is 16.5. The lowest BCUT2D eigenvalue weighted by molar-refractivity contribution is -0.0000581. The molecule has 2 aromatic carbocycles. The molecule has 0 unspecified atom stereocenters. The van der Waals surface area contributed by atoms with E-state index in [4.69, 9.17) is 14.5 Å². The largest absolute Gasteiger partial charge is 0.497 e. The Kier molecular flexibility index (Phi) is 5.51. The number of carbonyl (C=O) groups excluding carboxylic acids is 1. The minimum atomic E-state index is -0.0533. The lowest BCUT2D eigenvalue weighted by atomic mass is 9.77. The number of urea groups is 1. The van der Waals surface area contributed by atoms with Crippen LogP contribution < -0.4 is 10.1 Å². The van der Waals surface area contributed by atoms with E-state index in [0.717, 1.165) is 54.2 Å². The zero-order valence-electron chi connectivity index (χ0n) is 18.8. The number of amides is 2. The van der Waals surface area contributed by atoms with Gasteiger partial charge in [0.15, 0.2) is 0 Å². The van der Waals surface area contributed by atoms with Crippen LogP contribution >= 0.6 is 0 Å². The summed E-state index contributed by atoms with van der Waals surface area (Å²) in [7, 11) is 3.43. The van der Waals surface area contributed by atoms with E-state index >= 15 is 0 Å². The Morgan fingerprint density at radius 2 is 1.84 bits per heavy atom. The Bertz CT molecular complexity index is 1130. The number of carbonyl (C=O) groups is 1. The number of nitrogens with one attached hydrogen (secondary N) is 1. The Morgan fingerprint density at radius 3 is 2.62 bits per heavy atom. The van der Waals surface area contributed by atoms with Gasteiger partial charge in [0.05, 0.1) is 30.3 Å². The highest BCUT2D eigenvalue weighted by Crippen LogP contribution is 2.43. The minimum Gasteiger partial charge on any atom is -0.497 e. The molecule has 7 nitrogen and oxygen atoms in total. The summed E-state index contributed by atoms with van der Waals surface area (Å²) in [5.74, 6) is 2.64. The van der Waals surface area contributed by atoms with Gasteiger partial charge in [-0.2, -0.15) is 0 Å². The predicted octanol–water partition coefficient (Wildman–Crippen LogP) is 4.48. The van der Waals surface area contributed by atoms with Crippen molar-refractivity contribution in [3.8, 4) is 5.75 Å². The number of rotatable bonds is 4. The predicted molar refractivity (Wildman–Crippen MR) is 124 cm³/mol. The van der Waals surface area contributed by atoms with Crippen molar-refractivity contribution in [3.05, 3.63) is 54.4 Å². The molecule has 1 saturated carbocycles. The van der Waals surface area contributed by atoms with Crippen LogP contribution in [-0.2, 0) is 4.74 Å². The number of benzene rings is 2. The zero-order valence-corrected chi connectivity index (χ0v) is 18.8. The van der Waals surface area contributed by atoms with Crippen LogP contribution in [0.15, 0.2) is 48.5 Å². The molecule has 1 aromatic heterocycles. The Labute approximate surface area is 188 Å². The summed E-state index contributed by atoms with van der Waals surface area (Å²) in [5.41, 5.74) is 2.92. The minimum absolute atomic E-state index is 0.0533. The van der Waals surface area contributed by atoms with Gasteiger partial charge in [0.2, 0.25) is 0 Å². The molecule has 7 heteroatoms. The SMILES string of the molecule is COc1cccc(NC(=O)N2C[C@H]3C[C@H](OC)[C@@H](n4c(C)nc5ccccc54)C[C@H]3C2)c1. The number of nitrogens with zero attached hydrogens (tertiary/aromatic N) is 3. The molecule has 2 amide bonds. The van der Waals surface area contributed by atoms with Crippen molar-refractivity contribution >= 4 is 22.8 Å². The number of aromatic nitrogens is 2. The molecule has 2 fully saturated rings. The first-order valence-corrected chi connectivity index (χ1v) is 11.2. The van der Waals surface area contributed by atoms with Crippen molar-refractivity contribution < 1.29 is 14.3 Å². The maximum Gasteiger partial charge on any atom is 0.321 e. The second-order valence-electron chi connectivity index (χ2n) is 8.92. The number of hydrogen-bond donors (Lipinski definition) is 1. The van der Waals surface area contributed by atoms with Crippen molar-refractivity contribution in [2.75, 3.05) is 32.6 Å². The molecular formula is C25H30N4O3. The molecule has 2 heterocycles. The van der Waals surface area contributed by atoms with E-state index in [1.54, 1.807) is 14.2 Å². The molecule has 32 heavy (non-hydrogen) atoms.